The van der Waals surface area contributed by atoms with Gasteiger partial charge in [0.25, 0.3) is 5.56 Å². The molecule has 1 aromatic carbocycles. The van der Waals surface area contributed by atoms with Gasteiger partial charge in [0.15, 0.2) is 27.1 Å². The zero-order chi connectivity index (χ0) is 24.0. The van der Waals surface area contributed by atoms with E-state index in [1.54, 1.807) is 4.90 Å². The minimum absolute atomic E-state index is 0.0202. The van der Waals surface area contributed by atoms with Gasteiger partial charge < -0.3 is 9.88 Å². The van der Waals surface area contributed by atoms with E-state index in [0.717, 1.165) is 5.56 Å². The van der Waals surface area contributed by atoms with Crippen molar-refractivity contribution in [2.45, 2.75) is 50.2 Å². The van der Waals surface area contributed by atoms with E-state index >= 15 is 0 Å². The Hall–Kier alpha value is -2.89. The van der Waals surface area contributed by atoms with Crippen LogP contribution in [0.2, 0.25) is 0 Å². The molecule has 4 rings (SSSR count). The predicted molar refractivity (Wildman–Crippen MR) is 113 cm³/mol. The third-order valence-electron chi connectivity index (χ3n) is 5.66. The maximum atomic E-state index is 13.7. The number of halogens is 5. The van der Waals surface area contributed by atoms with E-state index in [0.29, 0.717) is 30.7 Å². The van der Waals surface area contributed by atoms with Crippen molar-refractivity contribution >= 4 is 32.6 Å². The van der Waals surface area contributed by atoms with Gasteiger partial charge in [-0.25, -0.2) is 9.97 Å². The highest BCUT2D eigenvalue weighted by Gasteiger charge is 2.61. The number of nitrogens with zero attached hydrogens (tertiary/aromatic N) is 3. The molecule has 1 fully saturated rings. The van der Waals surface area contributed by atoms with E-state index in [2.05, 4.69) is 9.97 Å². The minimum Gasteiger partial charge on any atom is -0.338 e. The van der Waals surface area contributed by atoms with Crippen LogP contribution in [0.1, 0.15) is 43.5 Å². The molecule has 0 bridgehead atoms. The summed E-state index contributed by atoms with van der Waals surface area (Å²) in [6.07, 6.45) is -4.41. The Labute approximate surface area is 188 Å². The Kier molecular flexibility index (Phi) is 5.97. The van der Waals surface area contributed by atoms with Crippen molar-refractivity contribution in [1.29, 1.82) is 0 Å². The van der Waals surface area contributed by atoms with Crippen LogP contribution in [0.5, 0.6) is 0 Å². The highest BCUT2D eigenvalue weighted by atomic mass is 32.1. The second kappa shape index (κ2) is 8.47. The molecule has 176 valence electrons. The molecule has 33 heavy (non-hydrogen) atoms. The molecule has 3 heterocycles. The number of nitrogens with one attached hydrogen (secondary N) is 1. The number of aromatic nitrogens is 3. The normalized spacial score (nSPS) is 18.1. The lowest BCUT2D eigenvalue weighted by molar-refractivity contribution is -0.292. The molecule has 2 aromatic heterocycles. The number of carbonyl (C=O) groups excluding carboxylic acids is 1. The number of rotatable bonds is 6. The molecule has 1 aliphatic rings. The SMILES string of the molecule is C[C@@H](CC(=O)[C@H]1CCCN1c1nc2c(=O)[nH]c(C(F)(F)C(F)(F)F)nc2s1)c1ccccc1. The first-order valence-electron chi connectivity index (χ1n) is 10.2. The standard InChI is InChI=1S/C21H19F5N4O2S/c1-11(12-6-3-2-4-7-12)10-14(31)13-8-5-9-30(13)19-27-15-16(32)28-18(29-17(15)33-19)20(22,23)21(24,25)26/h2-4,6-7,11,13H,5,8-10H2,1H3,(H,28,29,32)/t11-,13+/m0/s1. The highest BCUT2D eigenvalue weighted by Crippen LogP contribution is 2.42. The number of fused-ring (bicyclic) bond motifs is 1. The number of thiazole rings is 1. The van der Waals surface area contributed by atoms with E-state index in [1.165, 1.54) is 4.98 Å². The van der Waals surface area contributed by atoms with Gasteiger partial charge in [-0.3, -0.25) is 9.59 Å². The molecule has 0 amide bonds. The third kappa shape index (κ3) is 4.35. The lowest BCUT2D eigenvalue weighted by Gasteiger charge is -2.24. The first kappa shape index (κ1) is 23.3. The summed E-state index contributed by atoms with van der Waals surface area (Å²) < 4.78 is 65.5. The average Bonchev–Trinajstić information content (AvgIpc) is 3.40. The van der Waals surface area contributed by atoms with E-state index < -0.39 is 29.5 Å². The van der Waals surface area contributed by atoms with Gasteiger partial charge >= 0.3 is 12.1 Å². The van der Waals surface area contributed by atoms with Crippen LogP contribution in [0.4, 0.5) is 27.1 Å². The van der Waals surface area contributed by atoms with Crippen LogP contribution >= 0.6 is 11.3 Å². The number of hydrogen-bond acceptors (Lipinski definition) is 6. The second-order valence-electron chi connectivity index (χ2n) is 7.97. The average molecular weight is 486 g/mol. The van der Waals surface area contributed by atoms with Crippen LogP contribution in [0.15, 0.2) is 35.1 Å². The van der Waals surface area contributed by atoms with Gasteiger partial charge in [0.2, 0.25) is 0 Å². The molecule has 1 aliphatic heterocycles. The van der Waals surface area contributed by atoms with Crippen molar-refractivity contribution < 1.29 is 26.7 Å². The van der Waals surface area contributed by atoms with E-state index in [-0.39, 0.29) is 33.6 Å². The first-order valence-corrected chi connectivity index (χ1v) is 11.0. The van der Waals surface area contributed by atoms with Crippen LogP contribution in [0.25, 0.3) is 10.3 Å². The number of H-pyrrole nitrogens is 1. The zero-order valence-corrected chi connectivity index (χ0v) is 18.1. The highest BCUT2D eigenvalue weighted by molar-refractivity contribution is 7.21. The summed E-state index contributed by atoms with van der Waals surface area (Å²) in [7, 11) is 0. The summed E-state index contributed by atoms with van der Waals surface area (Å²) in [5.74, 6) is -7.15. The Bertz CT molecular complexity index is 1220. The summed E-state index contributed by atoms with van der Waals surface area (Å²) in [6, 6.07) is 9.01. The number of ketones is 1. The number of Topliss-reactive ketones (excluding diaryl/α,β-unsaturated/α-hetero) is 1. The summed E-state index contributed by atoms with van der Waals surface area (Å²) in [5.41, 5.74) is -0.516. The lowest BCUT2D eigenvalue weighted by atomic mass is 9.93. The van der Waals surface area contributed by atoms with Crippen molar-refractivity contribution in [1.82, 2.24) is 15.0 Å². The number of anilines is 1. The molecule has 1 saturated heterocycles. The van der Waals surface area contributed by atoms with Gasteiger partial charge in [-0.1, -0.05) is 48.6 Å². The lowest BCUT2D eigenvalue weighted by Crippen LogP contribution is -2.37. The van der Waals surface area contributed by atoms with E-state index in [1.807, 2.05) is 37.3 Å². The van der Waals surface area contributed by atoms with Crippen molar-refractivity contribution in [3.05, 3.63) is 52.1 Å². The molecular formula is C21H19F5N4O2S. The molecule has 2 atom stereocenters. The Morgan fingerprint density at radius 3 is 2.58 bits per heavy atom. The van der Waals surface area contributed by atoms with Crippen molar-refractivity contribution in [2.75, 3.05) is 11.4 Å². The maximum absolute atomic E-state index is 13.7. The quantitative estimate of drug-likeness (QED) is 0.508. The first-order chi connectivity index (χ1) is 15.5. The van der Waals surface area contributed by atoms with Crippen LogP contribution < -0.4 is 10.5 Å². The molecular weight excluding hydrogens is 467 g/mol. The molecule has 0 saturated carbocycles. The summed E-state index contributed by atoms with van der Waals surface area (Å²) in [4.78, 5) is 35.5. The molecule has 1 N–H and O–H groups in total. The Morgan fingerprint density at radius 1 is 1.21 bits per heavy atom. The summed E-state index contributed by atoms with van der Waals surface area (Å²) in [6.45, 7) is 2.38. The number of aromatic amines is 1. The molecule has 12 heteroatoms. The van der Waals surface area contributed by atoms with Crippen molar-refractivity contribution in [2.24, 2.45) is 0 Å². The fourth-order valence-electron chi connectivity index (χ4n) is 3.89. The van der Waals surface area contributed by atoms with Gasteiger partial charge in [0.05, 0.1) is 6.04 Å². The molecule has 6 nitrogen and oxygen atoms in total. The van der Waals surface area contributed by atoms with Gasteiger partial charge in [0.1, 0.15) is 0 Å². The minimum atomic E-state index is -5.91. The van der Waals surface area contributed by atoms with E-state index in [4.69, 9.17) is 0 Å². The number of hydrogen-bond donors (Lipinski definition) is 1. The molecule has 0 radical (unpaired) electrons. The van der Waals surface area contributed by atoms with Crippen LogP contribution in [-0.4, -0.2) is 39.5 Å². The van der Waals surface area contributed by atoms with Gasteiger partial charge in [0, 0.05) is 13.0 Å². The number of benzene rings is 1. The van der Waals surface area contributed by atoms with Crippen molar-refractivity contribution in [3.63, 3.8) is 0 Å². The summed E-state index contributed by atoms with van der Waals surface area (Å²) >= 11 is 0.717. The topological polar surface area (TPSA) is 79.0 Å². The number of carbonyl (C=O) groups is 1. The predicted octanol–water partition coefficient (Wildman–Crippen LogP) is 4.77. The zero-order valence-electron chi connectivity index (χ0n) is 17.3. The van der Waals surface area contributed by atoms with Crippen LogP contribution in [0, 0.1) is 0 Å². The largest absolute Gasteiger partial charge is 0.461 e. The molecule has 0 aliphatic carbocycles. The van der Waals surface area contributed by atoms with Crippen molar-refractivity contribution in [3.8, 4) is 0 Å². The fraction of sp³-hybridized carbons (Fsp3) is 0.429. The molecule has 3 aromatic rings. The summed E-state index contributed by atoms with van der Waals surface area (Å²) in [5, 5.41) is 0.193. The Balaban J connectivity index is 1.61. The third-order valence-corrected chi connectivity index (χ3v) is 6.64. The second-order valence-corrected chi connectivity index (χ2v) is 8.93. The van der Waals surface area contributed by atoms with Gasteiger partial charge in [-0.15, -0.1) is 0 Å². The maximum Gasteiger partial charge on any atom is 0.461 e. The molecule has 0 spiro atoms. The smallest absolute Gasteiger partial charge is 0.338 e. The van der Waals surface area contributed by atoms with Gasteiger partial charge in [-0.05, 0) is 24.3 Å². The molecule has 0 unspecified atom stereocenters. The van der Waals surface area contributed by atoms with Gasteiger partial charge in [-0.2, -0.15) is 22.0 Å². The van der Waals surface area contributed by atoms with E-state index in [9.17, 15) is 31.5 Å². The Morgan fingerprint density at radius 2 is 1.91 bits per heavy atom. The monoisotopic (exact) mass is 486 g/mol. The van der Waals surface area contributed by atoms with Crippen LogP contribution in [0.3, 0.4) is 0 Å². The van der Waals surface area contributed by atoms with Crippen LogP contribution in [-0.2, 0) is 10.7 Å². The number of alkyl halides is 5. The fourth-order valence-corrected chi connectivity index (χ4v) is 4.91.